The Kier molecular flexibility index (Phi) is 4.49. The lowest BCUT2D eigenvalue weighted by atomic mass is 9.86. The Bertz CT molecular complexity index is 281. The van der Waals surface area contributed by atoms with Crippen LogP contribution in [0.4, 0.5) is 0 Å². The van der Waals surface area contributed by atoms with Gasteiger partial charge in [0.15, 0.2) is 0 Å². The van der Waals surface area contributed by atoms with Gasteiger partial charge in [-0.25, -0.2) is 0 Å². The third-order valence-corrected chi connectivity index (χ3v) is 2.85. The van der Waals surface area contributed by atoms with E-state index in [9.17, 15) is 9.90 Å². The average molecular weight is 225 g/mol. The van der Waals surface area contributed by atoms with Gasteiger partial charge in [0.2, 0.25) is 6.41 Å². The lowest BCUT2D eigenvalue weighted by Crippen LogP contribution is -2.44. The Hall–Kier alpha value is -1.36. The molecule has 1 saturated heterocycles. The minimum atomic E-state index is -0.825. The third kappa shape index (κ3) is 3.66. The van der Waals surface area contributed by atoms with Crippen LogP contribution < -0.4 is 5.32 Å². The number of carbonyl (C=O) groups excluding carboxylic acids is 1. The van der Waals surface area contributed by atoms with Crippen LogP contribution in [-0.4, -0.2) is 47.9 Å². The summed E-state index contributed by atoms with van der Waals surface area (Å²) < 4.78 is 0. The topological polar surface area (TPSA) is 76.4 Å². The van der Waals surface area contributed by atoms with Crippen molar-refractivity contribution in [1.82, 2.24) is 10.2 Å². The fourth-order valence-electron chi connectivity index (χ4n) is 1.82. The first-order chi connectivity index (χ1) is 7.59. The predicted molar refractivity (Wildman–Crippen MR) is 62.4 cm³/mol. The lowest BCUT2D eigenvalue weighted by Gasteiger charge is -2.36. The van der Waals surface area contributed by atoms with Crippen LogP contribution in [0.2, 0.25) is 0 Å². The molecule has 0 aromatic heterocycles. The number of carbonyl (C=O) groups is 1. The van der Waals surface area contributed by atoms with Crippen molar-refractivity contribution in [3.63, 3.8) is 0 Å². The van der Waals surface area contributed by atoms with Crippen molar-refractivity contribution >= 4 is 12.1 Å². The first-order valence-corrected chi connectivity index (χ1v) is 5.42. The highest BCUT2D eigenvalue weighted by Gasteiger charge is 2.32. The molecular weight excluding hydrogens is 206 g/mol. The van der Waals surface area contributed by atoms with Gasteiger partial charge >= 0.3 is 0 Å². The predicted octanol–water partition coefficient (Wildman–Crippen LogP) is 0.113. The molecule has 0 aromatic rings. The fraction of sp³-hybridized carbons (Fsp3) is 0.636. The highest BCUT2D eigenvalue weighted by Crippen LogP contribution is 2.25. The van der Waals surface area contributed by atoms with E-state index in [4.69, 9.17) is 5.41 Å². The summed E-state index contributed by atoms with van der Waals surface area (Å²) in [6.07, 6.45) is 5.56. The van der Waals surface area contributed by atoms with Crippen molar-refractivity contribution in [1.29, 1.82) is 5.41 Å². The van der Waals surface area contributed by atoms with E-state index in [1.807, 2.05) is 0 Å². The summed E-state index contributed by atoms with van der Waals surface area (Å²) in [7, 11) is 1.76. The van der Waals surface area contributed by atoms with Crippen molar-refractivity contribution in [2.75, 3.05) is 20.1 Å². The molecule has 1 amide bonds. The van der Waals surface area contributed by atoms with E-state index < -0.39 is 5.60 Å². The number of nitrogens with zero attached hydrogens (tertiary/aromatic N) is 1. The Balaban J connectivity index is 2.44. The molecule has 0 radical (unpaired) electrons. The fourth-order valence-corrected chi connectivity index (χ4v) is 1.82. The van der Waals surface area contributed by atoms with Gasteiger partial charge in [-0.2, -0.15) is 0 Å². The van der Waals surface area contributed by atoms with Crippen LogP contribution in [0, 0.1) is 5.41 Å². The normalized spacial score (nSPS) is 19.8. The molecule has 1 fully saturated rings. The summed E-state index contributed by atoms with van der Waals surface area (Å²) in [6, 6.07) is 0. The molecule has 0 spiro atoms. The van der Waals surface area contributed by atoms with Crippen molar-refractivity contribution in [2.24, 2.45) is 0 Å². The van der Waals surface area contributed by atoms with Gasteiger partial charge in [-0.3, -0.25) is 4.79 Å². The molecule has 1 aliphatic rings. The van der Waals surface area contributed by atoms with E-state index in [0.29, 0.717) is 38.1 Å². The quantitative estimate of drug-likeness (QED) is 0.459. The Morgan fingerprint density at radius 2 is 2.19 bits per heavy atom. The van der Waals surface area contributed by atoms with Gasteiger partial charge in [0.1, 0.15) is 0 Å². The molecule has 16 heavy (non-hydrogen) atoms. The van der Waals surface area contributed by atoms with E-state index in [1.54, 1.807) is 24.2 Å². The Morgan fingerprint density at radius 1 is 1.56 bits per heavy atom. The number of amides is 1. The summed E-state index contributed by atoms with van der Waals surface area (Å²) in [5.74, 6) is 0. The van der Waals surface area contributed by atoms with E-state index in [1.165, 1.54) is 0 Å². The molecule has 5 heteroatoms. The molecule has 0 unspecified atom stereocenters. The molecule has 0 aliphatic carbocycles. The average Bonchev–Trinajstić information content (AvgIpc) is 2.27. The van der Waals surface area contributed by atoms with Crippen LogP contribution in [0.3, 0.4) is 0 Å². The smallest absolute Gasteiger partial charge is 0.209 e. The van der Waals surface area contributed by atoms with Gasteiger partial charge in [0, 0.05) is 32.3 Å². The molecule has 0 atom stereocenters. The molecule has 0 aromatic carbocycles. The molecule has 1 heterocycles. The summed E-state index contributed by atoms with van der Waals surface area (Å²) in [6.45, 7) is 1.14. The van der Waals surface area contributed by atoms with Crippen LogP contribution in [0.1, 0.15) is 19.3 Å². The number of aliphatic hydroxyl groups is 1. The zero-order valence-electron chi connectivity index (χ0n) is 9.57. The SMILES string of the molecule is CN/C=C\C(=N)CC1(O)CCN(C=O)CC1. The van der Waals surface area contributed by atoms with Crippen LogP contribution in [0.5, 0.6) is 0 Å². The van der Waals surface area contributed by atoms with Crippen molar-refractivity contribution in [3.05, 3.63) is 12.3 Å². The van der Waals surface area contributed by atoms with Crippen LogP contribution in [0.15, 0.2) is 12.3 Å². The zero-order chi connectivity index (χ0) is 12.0. The maximum atomic E-state index is 10.5. The van der Waals surface area contributed by atoms with Gasteiger partial charge in [0.25, 0.3) is 0 Å². The molecule has 0 saturated carbocycles. The summed E-state index contributed by atoms with van der Waals surface area (Å²) in [5.41, 5.74) is -0.425. The molecule has 1 rings (SSSR count). The number of rotatable bonds is 5. The molecule has 90 valence electrons. The largest absolute Gasteiger partial charge is 0.394 e. The van der Waals surface area contributed by atoms with Gasteiger partial charge in [-0.1, -0.05) is 0 Å². The second kappa shape index (κ2) is 5.65. The number of hydrogen-bond donors (Lipinski definition) is 3. The van der Waals surface area contributed by atoms with E-state index in [-0.39, 0.29) is 0 Å². The van der Waals surface area contributed by atoms with Gasteiger partial charge < -0.3 is 20.7 Å². The monoisotopic (exact) mass is 225 g/mol. The second-order valence-corrected chi connectivity index (χ2v) is 4.19. The molecule has 5 nitrogen and oxygen atoms in total. The van der Waals surface area contributed by atoms with Crippen molar-refractivity contribution < 1.29 is 9.90 Å². The number of likely N-dealkylation sites (tertiary alicyclic amines) is 1. The van der Waals surface area contributed by atoms with E-state index >= 15 is 0 Å². The zero-order valence-corrected chi connectivity index (χ0v) is 9.57. The maximum Gasteiger partial charge on any atom is 0.209 e. The summed E-state index contributed by atoms with van der Waals surface area (Å²) >= 11 is 0. The van der Waals surface area contributed by atoms with Gasteiger partial charge in [-0.15, -0.1) is 0 Å². The minimum absolute atomic E-state index is 0.345. The van der Waals surface area contributed by atoms with Crippen LogP contribution >= 0.6 is 0 Å². The second-order valence-electron chi connectivity index (χ2n) is 4.19. The first kappa shape index (κ1) is 12.7. The highest BCUT2D eigenvalue weighted by atomic mass is 16.3. The van der Waals surface area contributed by atoms with Crippen molar-refractivity contribution in [3.8, 4) is 0 Å². The number of nitrogens with one attached hydrogen (secondary N) is 2. The van der Waals surface area contributed by atoms with E-state index in [2.05, 4.69) is 5.32 Å². The Labute approximate surface area is 95.6 Å². The number of piperidine rings is 1. The van der Waals surface area contributed by atoms with Gasteiger partial charge in [0.05, 0.1) is 5.60 Å². The minimum Gasteiger partial charge on any atom is -0.394 e. The lowest BCUT2D eigenvalue weighted by molar-refractivity contribution is -0.121. The Morgan fingerprint density at radius 3 is 2.69 bits per heavy atom. The molecule has 3 N–H and O–H groups in total. The van der Waals surface area contributed by atoms with Crippen LogP contribution in [-0.2, 0) is 4.79 Å². The van der Waals surface area contributed by atoms with Crippen molar-refractivity contribution in [2.45, 2.75) is 24.9 Å². The van der Waals surface area contributed by atoms with Gasteiger partial charge in [-0.05, 0) is 25.1 Å². The first-order valence-electron chi connectivity index (χ1n) is 5.42. The molecule has 1 aliphatic heterocycles. The highest BCUT2D eigenvalue weighted by molar-refractivity contribution is 5.92. The summed E-state index contributed by atoms with van der Waals surface area (Å²) in [4.78, 5) is 12.2. The summed E-state index contributed by atoms with van der Waals surface area (Å²) in [5, 5.41) is 20.7. The standard InChI is InChI=1S/C11H19N3O2/c1-13-5-2-10(12)8-11(16)3-6-14(9-15)7-4-11/h2,5,9,12-13,16H,3-4,6-8H2,1H3/b5-2-,12-10?. The third-order valence-electron chi connectivity index (χ3n) is 2.85. The van der Waals surface area contributed by atoms with Crippen LogP contribution in [0.25, 0.3) is 0 Å². The molecular formula is C11H19N3O2. The number of hydrogen-bond acceptors (Lipinski definition) is 4. The molecule has 0 bridgehead atoms. The number of allylic oxidation sites excluding steroid dienone is 1. The van der Waals surface area contributed by atoms with E-state index in [0.717, 1.165) is 6.41 Å². The maximum absolute atomic E-state index is 10.5.